The highest BCUT2D eigenvalue weighted by Gasteiger charge is 2.34. The Labute approximate surface area is 175 Å². The van der Waals surface area contributed by atoms with E-state index in [9.17, 15) is 5.11 Å². The van der Waals surface area contributed by atoms with Crippen molar-refractivity contribution in [1.82, 2.24) is 9.38 Å². The molecule has 2 aliphatic carbocycles. The number of hydrogen-bond donors (Lipinski definition) is 1. The molecule has 6 rings (SSSR count). The number of imidazole rings is 1. The minimum absolute atomic E-state index is 0.335. The van der Waals surface area contributed by atoms with Crippen molar-refractivity contribution in [3.63, 3.8) is 0 Å². The number of benzene rings is 1. The fourth-order valence-corrected chi connectivity index (χ4v) is 6.41. The van der Waals surface area contributed by atoms with Crippen molar-refractivity contribution in [3.05, 3.63) is 71.1 Å². The van der Waals surface area contributed by atoms with Crippen LogP contribution in [0.25, 0.3) is 15.6 Å². The first-order valence-corrected chi connectivity index (χ1v) is 11.8. The van der Waals surface area contributed by atoms with Gasteiger partial charge in [-0.15, -0.1) is 11.3 Å². The predicted molar refractivity (Wildman–Crippen MR) is 119 cm³/mol. The van der Waals surface area contributed by atoms with Crippen LogP contribution in [-0.2, 0) is 0 Å². The maximum absolute atomic E-state index is 11.5. The largest absolute Gasteiger partial charge is 0.387 e. The molecule has 4 aromatic rings. The molecule has 3 heterocycles. The Hall–Kier alpha value is -2.17. The minimum Gasteiger partial charge on any atom is -0.387 e. The third kappa shape index (κ3) is 3.01. The van der Waals surface area contributed by atoms with Crippen molar-refractivity contribution in [2.24, 2.45) is 5.92 Å². The smallest absolute Gasteiger partial charge is 0.0995 e. The van der Waals surface area contributed by atoms with Crippen LogP contribution in [0.3, 0.4) is 0 Å². The topological polar surface area (TPSA) is 37.5 Å². The van der Waals surface area contributed by atoms with Crippen molar-refractivity contribution >= 4 is 26.9 Å². The molecule has 3 aromatic heterocycles. The highest BCUT2D eigenvalue weighted by Crippen LogP contribution is 2.48. The fourth-order valence-electron chi connectivity index (χ4n) is 5.37. The summed E-state index contributed by atoms with van der Waals surface area (Å²) in [5.74, 6) is 1.59. The van der Waals surface area contributed by atoms with Gasteiger partial charge in [0.15, 0.2) is 0 Å². The summed E-state index contributed by atoms with van der Waals surface area (Å²) in [6.07, 6.45) is 10.4. The van der Waals surface area contributed by atoms with E-state index in [0.717, 1.165) is 24.1 Å². The van der Waals surface area contributed by atoms with Crippen LogP contribution in [0.1, 0.15) is 73.3 Å². The number of aromatic nitrogens is 2. The van der Waals surface area contributed by atoms with Crippen molar-refractivity contribution in [1.29, 1.82) is 0 Å². The molecule has 0 spiro atoms. The van der Waals surface area contributed by atoms with E-state index < -0.39 is 6.10 Å². The second-order valence-corrected chi connectivity index (χ2v) is 9.79. The fraction of sp³-hybridized carbons (Fsp3) is 0.400. The van der Waals surface area contributed by atoms with Gasteiger partial charge in [0.05, 0.1) is 29.8 Å². The first-order valence-electron chi connectivity index (χ1n) is 10.9. The second-order valence-electron chi connectivity index (χ2n) is 8.88. The summed E-state index contributed by atoms with van der Waals surface area (Å²) in [4.78, 5) is 4.34. The molecule has 0 radical (unpaired) electrons. The third-order valence-corrected chi connectivity index (χ3v) is 8.10. The number of thiophene rings is 1. The molecule has 2 aliphatic rings. The lowest BCUT2D eigenvalue weighted by Gasteiger charge is -2.32. The van der Waals surface area contributed by atoms with Gasteiger partial charge in [-0.05, 0) is 90.3 Å². The average Bonchev–Trinajstić information content (AvgIpc) is 3.34. The molecule has 4 heteroatoms. The molecule has 1 N–H and O–H groups in total. The standard InChI is InChI=1S/C25H26N2OS/c28-25(24-20(16-5-6-16)12-11-19-13-26-15-27(19)24)18-9-7-17(8-10-18)22-14-29-23-4-2-1-3-21(22)23/h1-4,11-18,25,28H,5-10H2/t17?,18?,25-/m1/s1. The highest BCUT2D eigenvalue weighted by molar-refractivity contribution is 7.17. The lowest BCUT2D eigenvalue weighted by molar-refractivity contribution is 0.0755. The van der Waals surface area contributed by atoms with Crippen LogP contribution >= 0.6 is 11.3 Å². The van der Waals surface area contributed by atoms with Gasteiger partial charge in [-0.1, -0.05) is 24.3 Å². The molecule has 0 aliphatic heterocycles. The zero-order chi connectivity index (χ0) is 19.4. The van der Waals surface area contributed by atoms with Gasteiger partial charge in [0, 0.05) is 4.70 Å². The molecular weight excluding hydrogens is 376 g/mol. The maximum Gasteiger partial charge on any atom is 0.0995 e. The van der Waals surface area contributed by atoms with Gasteiger partial charge in [-0.25, -0.2) is 4.98 Å². The predicted octanol–water partition coefficient (Wildman–Crippen LogP) is 6.43. The van der Waals surface area contributed by atoms with Crippen molar-refractivity contribution in [2.45, 2.75) is 56.5 Å². The highest BCUT2D eigenvalue weighted by atomic mass is 32.1. The van der Waals surface area contributed by atoms with Gasteiger partial charge in [-0.2, -0.15) is 0 Å². The Bertz CT molecular complexity index is 1160. The molecule has 0 bridgehead atoms. The minimum atomic E-state index is -0.399. The third-order valence-electron chi connectivity index (χ3n) is 7.12. The number of aliphatic hydroxyl groups is 1. The summed E-state index contributed by atoms with van der Waals surface area (Å²) in [5, 5.41) is 15.3. The Balaban J connectivity index is 1.26. The summed E-state index contributed by atoms with van der Waals surface area (Å²) in [6.45, 7) is 0. The van der Waals surface area contributed by atoms with E-state index in [1.807, 2.05) is 23.9 Å². The summed E-state index contributed by atoms with van der Waals surface area (Å²) in [7, 11) is 0. The van der Waals surface area contributed by atoms with Crippen LogP contribution in [0.4, 0.5) is 0 Å². The molecule has 1 atom stereocenters. The molecule has 1 aromatic carbocycles. The van der Waals surface area contributed by atoms with Gasteiger partial charge in [0.2, 0.25) is 0 Å². The van der Waals surface area contributed by atoms with E-state index in [0.29, 0.717) is 17.8 Å². The van der Waals surface area contributed by atoms with Gasteiger partial charge in [-0.3, -0.25) is 0 Å². The van der Waals surface area contributed by atoms with Crippen LogP contribution in [0.15, 0.2) is 54.3 Å². The van der Waals surface area contributed by atoms with E-state index in [4.69, 9.17) is 0 Å². The van der Waals surface area contributed by atoms with Crippen LogP contribution < -0.4 is 0 Å². The van der Waals surface area contributed by atoms with E-state index in [1.165, 1.54) is 46.9 Å². The normalized spacial score (nSPS) is 23.6. The van der Waals surface area contributed by atoms with Gasteiger partial charge >= 0.3 is 0 Å². The monoisotopic (exact) mass is 402 g/mol. The summed E-state index contributed by atoms with van der Waals surface area (Å²) >= 11 is 1.87. The quantitative estimate of drug-likeness (QED) is 0.427. The Morgan fingerprint density at radius 2 is 1.69 bits per heavy atom. The summed E-state index contributed by atoms with van der Waals surface area (Å²) < 4.78 is 3.53. The first-order chi connectivity index (χ1) is 14.3. The lowest BCUT2D eigenvalue weighted by Crippen LogP contribution is -2.22. The molecular formula is C25H26N2OS. The SMILES string of the molecule is O[C@@H](c1c(C2CC2)ccc2cncn12)C1CCC(c2csc3ccccc23)CC1. The molecule has 0 saturated heterocycles. The zero-order valence-corrected chi connectivity index (χ0v) is 17.3. The van der Waals surface area contributed by atoms with E-state index in [-0.39, 0.29) is 0 Å². The number of aliphatic hydroxyl groups excluding tert-OH is 1. The Kier molecular flexibility index (Phi) is 4.24. The van der Waals surface area contributed by atoms with Crippen molar-refractivity contribution in [2.75, 3.05) is 0 Å². The molecule has 148 valence electrons. The molecule has 0 amide bonds. The molecule has 2 saturated carbocycles. The second kappa shape index (κ2) is 6.96. The molecule has 3 nitrogen and oxygen atoms in total. The van der Waals surface area contributed by atoms with Crippen molar-refractivity contribution < 1.29 is 5.11 Å². The number of pyridine rings is 1. The first kappa shape index (κ1) is 17.7. The van der Waals surface area contributed by atoms with Crippen molar-refractivity contribution in [3.8, 4) is 0 Å². The number of rotatable bonds is 4. The van der Waals surface area contributed by atoms with E-state index in [2.05, 4.69) is 51.2 Å². The summed E-state index contributed by atoms with van der Waals surface area (Å²) in [6, 6.07) is 13.2. The van der Waals surface area contributed by atoms with E-state index in [1.54, 1.807) is 0 Å². The lowest BCUT2D eigenvalue weighted by atomic mass is 9.75. The van der Waals surface area contributed by atoms with E-state index >= 15 is 0 Å². The van der Waals surface area contributed by atoms with Crippen LogP contribution in [0.2, 0.25) is 0 Å². The summed E-state index contributed by atoms with van der Waals surface area (Å²) in [5.41, 5.74) is 5.05. The van der Waals surface area contributed by atoms with Gasteiger partial charge in [0.25, 0.3) is 0 Å². The molecule has 0 unspecified atom stereocenters. The maximum atomic E-state index is 11.5. The Morgan fingerprint density at radius 1 is 0.931 bits per heavy atom. The van der Waals surface area contributed by atoms with Crippen LogP contribution in [-0.4, -0.2) is 14.5 Å². The van der Waals surface area contributed by atoms with Gasteiger partial charge < -0.3 is 9.51 Å². The number of nitrogens with zero attached hydrogens (tertiary/aromatic N) is 2. The zero-order valence-electron chi connectivity index (χ0n) is 16.5. The van der Waals surface area contributed by atoms with Crippen LogP contribution in [0.5, 0.6) is 0 Å². The number of hydrogen-bond acceptors (Lipinski definition) is 3. The molecule has 29 heavy (non-hydrogen) atoms. The van der Waals surface area contributed by atoms with Crippen LogP contribution in [0, 0.1) is 5.92 Å². The number of fused-ring (bicyclic) bond motifs is 2. The Morgan fingerprint density at radius 3 is 2.52 bits per heavy atom. The molecule has 2 fully saturated rings. The van der Waals surface area contributed by atoms with Gasteiger partial charge in [0.1, 0.15) is 0 Å². The average molecular weight is 403 g/mol.